The van der Waals surface area contributed by atoms with Crippen LogP contribution in [0.2, 0.25) is 0 Å². The van der Waals surface area contributed by atoms with Crippen molar-refractivity contribution in [3.05, 3.63) is 42.2 Å². The second-order valence-corrected chi connectivity index (χ2v) is 20.1. The first-order chi connectivity index (χ1) is 29.8. The van der Waals surface area contributed by atoms with E-state index in [-0.39, 0.29) is 36.2 Å². The molecule has 5 aliphatic heterocycles. The molecule has 4 saturated heterocycles. The number of carbonyl (C=O) groups excluding carboxylic acids is 2. The van der Waals surface area contributed by atoms with Gasteiger partial charge >= 0.3 is 12.0 Å². The molecule has 63 heavy (non-hydrogen) atoms. The van der Waals surface area contributed by atoms with Crippen LogP contribution in [0, 0.1) is 41.4 Å². The van der Waals surface area contributed by atoms with Crippen molar-refractivity contribution in [1.82, 2.24) is 15.6 Å². The predicted octanol–water partition coefficient (Wildman–Crippen LogP) is 7.09. The van der Waals surface area contributed by atoms with E-state index in [4.69, 9.17) is 23.7 Å². The Kier molecular flexibility index (Phi) is 15.6. The van der Waals surface area contributed by atoms with E-state index < -0.39 is 95.0 Å². The average Bonchev–Trinajstić information content (AvgIpc) is 3.60. The van der Waals surface area contributed by atoms with E-state index in [0.29, 0.717) is 57.8 Å². The zero-order chi connectivity index (χ0) is 46.1. The van der Waals surface area contributed by atoms with Gasteiger partial charge in [0.1, 0.15) is 11.8 Å². The first kappa shape index (κ1) is 49.5. The summed E-state index contributed by atoms with van der Waals surface area (Å²) in [4.78, 5) is 44.5. The van der Waals surface area contributed by atoms with Crippen LogP contribution >= 0.6 is 0 Å². The van der Waals surface area contributed by atoms with E-state index in [1.54, 1.807) is 19.3 Å². The van der Waals surface area contributed by atoms with Crippen LogP contribution in [0.15, 0.2) is 36.7 Å². The molecule has 18 atom stereocenters. The summed E-state index contributed by atoms with van der Waals surface area (Å²) < 4.78 is 34.6. The van der Waals surface area contributed by atoms with Gasteiger partial charge in [-0.15, -0.1) is 0 Å². The van der Waals surface area contributed by atoms with Crippen molar-refractivity contribution in [2.75, 3.05) is 0 Å². The van der Waals surface area contributed by atoms with Crippen LogP contribution in [-0.2, 0) is 39.8 Å². The summed E-state index contributed by atoms with van der Waals surface area (Å²) in [5.74, 6) is -6.12. The minimum Gasteiger partial charge on any atom is -0.481 e. The van der Waals surface area contributed by atoms with Crippen LogP contribution < -0.4 is 10.6 Å². The van der Waals surface area contributed by atoms with E-state index >= 15 is 0 Å². The summed E-state index contributed by atoms with van der Waals surface area (Å²) in [6, 6.07) is 2.59. The number of carboxylic acid groups (broad SMARTS) is 1. The lowest BCUT2D eigenvalue weighted by molar-refractivity contribution is -0.397. The van der Waals surface area contributed by atoms with Gasteiger partial charge in [0.05, 0.1) is 53.7 Å². The molecular weight excluding hydrogens is 807 g/mol. The summed E-state index contributed by atoms with van der Waals surface area (Å²) in [6.45, 7) is 19.9. The van der Waals surface area contributed by atoms with E-state index in [1.807, 2.05) is 65.8 Å². The van der Waals surface area contributed by atoms with Gasteiger partial charge in [-0.3, -0.25) is 14.6 Å². The van der Waals surface area contributed by atoms with Gasteiger partial charge in [0.2, 0.25) is 0 Å². The maximum absolute atomic E-state index is 14.7. The van der Waals surface area contributed by atoms with Gasteiger partial charge in [-0.1, -0.05) is 67.5 Å². The van der Waals surface area contributed by atoms with Crippen molar-refractivity contribution in [3.63, 3.8) is 0 Å². The van der Waals surface area contributed by atoms with Gasteiger partial charge in [-0.2, -0.15) is 0 Å². The smallest absolute Gasteiger partial charge is 0.315 e. The highest BCUT2D eigenvalue weighted by molar-refractivity contribution is 5.84. The quantitative estimate of drug-likeness (QED) is 0.113. The third-order valence-electron chi connectivity index (χ3n) is 15.9. The minimum atomic E-state index is -1.36. The second kappa shape index (κ2) is 19.9. The van der Waals surface area contributed by atoms with Gasteiger partial charge in [0.25, 0.3) is 0 Å². The lowest BCUT2D eigenvalue weighted by Gasteiger charge is -2.55. The molecule has 2 spiro atoms. The number of carboxylic acids is 1. The summed E-state index contributed by atoms with van der Waals surface area (Å²) in [7, 11) is 0. The highest BCUT2D eigenvalue weighted by atomic mass is 16.8. The average molecular weight is 884 g/mol. The normalized spacial score (nSPS) is 40.5. The zero-order valence-corrected chi connectivity index (χ0v) is 39.4. The number of nitrogens with one attached hydrogen (secondary N) is 2. The number of hydrogen-bond donors (Lipinski definition) is 5. The van der Waals surface area contributed by atoms with Crippen LogP contribution in [0.3, 0.4) is 0 Å². The Morgan fingerprint density at radius 2 is 1.67 bits per heavy atom. The SMILES string of the molecule is CC[C@@H](C(=O)[C@@H](C)[C@@H](O)[C@H](C)[C@@H]1O[C@@H]([C@@H](CC)C(=O)O)CC[C@@H]1C)[C@H]1O[C@]2(C=C[C@@H](NC(=O)NCc3cccnc3)[C@]3(CC[C@@](C)([C@H]4CC[C@](O)(CC)[C@H](C)O4)O3)O2)[C@H](C)C[C@@H]1C. The standard InChI is InChI=1S/C49H77N3O11/c1-11-35(44(55)56)37-17-16-28(4)42(60-37)32(8)40(53)31(7)41(54)36(12-2)43-29(5)25-30(6)48(61-43)21-18-38(52-45(57)51-27-34-15-14-24-50-26-34)49(63-48)23-22-46(10,62-49)39-19-20-47(58,13-3)33(9)59-39/h14-15,18,21,24,26,28-33,35-40,42-43,53,58H,11-13,16-17,19-20,22-23,25,27H2,1-10H3,(H,55,56)(H2,51,52,57)/t28-,29-,30+,31-,32-,33-,35+,36-,37+,38+,39+,40+,42+,43-,46-,47+,48-,49-/m0/s1. The molecule has 14 heteroatoms. The number of nitrogens with zero attached hydrogens (tertiary/aromatic N) is 1. The van der Waals surface area contributed by atoms with Gasteiger partial charge in [-0.25, -0.2) is 4.79 Å². The summed E-state index contributed by atoms with van der Waals surface area (Å²) in [6.07, 6.45) is 9.75. The van der Waals surface area contributed by atoms with Crippen molar-refractivity contribution >= 4 is 17.8 Å². The Labute approximate surface area is 375 Å². The molecule has 0 aromatic carbocycles. The molecule has 0 saturated carbocycles. The minimum absolute atomic E-state index is 0.0306. The van der Waals surface area contributed by atoms with Gasteiger partial charge in [-0.05, 0) is 101 Å². The molecule has 354 valence electrons. The highest BCUT2D eigenvalue weighted by Crippen LogP contribution is 2.54. The first-order valence-electron chi connectivity index (χ1n) is 23.9. The fourth-order valence-corrected chi connectivity index (χ4v) is 11.5. The Morgan fingerprint density at radius 3 is 2.30 bits per heavy atom. The van der Waals surface area contributed by atoms with Crippen LogP contribution in [0.25, 0.3) is 0 Å². The predicted molar refractivity (Wildman–Crippen MR) is 236 cm³/mol. The first-order valence-corrected chi connectivity index (χ1v) is 23.9. The lowest BCUT2D eigenvalue weighted by Crippen LogP contribution is -2.66. The molecule has 5 N–H and O–H groups in total. The topological polar surface area (TPSA) is 195 Å². The van der Waals surface area contributed by atoms with E-state index in [2.05, 4.69) is 36.4 Å². The fourth-order valence-electron chi connectivity index (χ4n) is 11.5. The summed E-state index contributed by atoms with van der Waals surface area (Å²) in [5.41, 5.74) is -0.889. The summed E-state index contributed by atoms with van der Waals surface area (Å²) >= 11 is 0. The fraction of sp³-hybridized carbons (Fsp3) is 0.796. The Hall–Kier alpha value is -2.98. The maximum atomic E-state index is 14.7. The Balaban J connectivity index is 1.23. The number of carbonyl (C=O) groups is 3. The van der Waals surface area contributed by atoms with Crippen molar-refractivity contribution in [1.29, 1.82) is 0 Å². The third kappa shape index (κ3) is 10.1. The number of urea groups is 1. The largest absolute Gasteiger partial charge is 0.481 e. The molecule has 1 aromatic rings. The third-order valence-corrected chi connectivity index (χ3v) is 15.9. The number of aromatic nitrogens is 1. The van der Waals surface area contributed by atoms with E-state index in [0.717, 1.165) is 12.0 Å². The number of aliphatic carboxylic acids is 1. The number of ketones is 1. The number of aliphatic hydroxyl groups is 2. The van der Waals surface area contributed by atoms with Crippen molar-refractivity contribution < 1.29 is 53.4 Å². The van der Waals surface area contributed by atoms with Gasteiger partial charge in [0.15, 0.2) is 11.6 Å². The van der Waals surface area contributed by atoms with Crippen molar-refractivity contribution in [2.24, 2.45) is 41.4 Å². The number of aliphatic hydroxyl groups excluding tert-OH is 1. The number of amides is 2. The van der Waals surface area contributed by atoms with Crippen LogP contribution in [0.1, 0.15) is 139 Å². The summed E-state index contributed by atoms with van der Waals surface area (Å²) in [5, 5.41) is 39.1. The van der Waals surface area contributed by atoms with Crippen LogP contribution in [0.5, 0.6) is 0 Å². The molecule has 14 nitrogen and oxygen atoms in total. The van der Waals surface area contributed by atoms with Gasteiger partial charge in [0, 0.05) is 49.0 Å². The maximum Gasteiger partial charge on any atom is 0.315 e. The number of hydrogen-bond acceptors (Lipinski definition) is 11. The molecule has 6 rings (SSSR count). The van der Waals surface area contributed by atoms with Crippen molar-refractivity contribution in [3.8, 4) is 0 Å². The van der Waals surface area contributed by atoms with Crippen LogP contribution in [0.4, 0.5) is 4.79 Å². The van der Waals surface area contributed by atoms with Gasteiger partial charge < -0.3 is 49.6 Å². The molecule has 5 aliphatic rings. The van der Waals surface area contributed by atoms with Crippen molar-refractivity contribution in [2.45, 2.75) is 205 Å². The number of Topliss-reactive ketones (excluding diaryl/α,β-unsaturated/α-hetero) is 1. The highest BCUT2D eigenvalue weighted by Gasteiger charge is 2.63. The Bertz CT molecular complexity index is 1770. The molecule has 0 aliphatic carbocycles. The molecule has 4 fully saturated rings. The second-order valence-electron chi connectivity index (χ2n) is 20.1. The number of pyridine rings is 1. The molecule has 1 aromatic heterocycles. The lowest BCUT2D eigenvalue weighted by atomic mass is 9.72. The van der Waals surface area contributed by atoms with Crippen LogP contribution in [-0.4, -0.2) is 104 Å². The molecule has 0 bridgehead atoms. The number of ether oxygens (including phenoxy) is 5. The van der Waals surface area contributed by atoms with E-state index in [1.165, 1.54) is 0 Å². The monoisotopic (exact) mass is 884 g/mol. The molecule has 6 heterocycles. The number of rotatable bonds is 15. The zero-order valence-electron chi connectivity index (χ0n) is 39.4. The molecule has 2 amide bonds. The molecule has 0 radical (unpaired) electrons. The molecule has 0 unspecified atom stereocenters. The molecular formula is C49H77N3O11. The Morgan fingerprint density at radius 1 is 0.937 bits per heavy atom. The van der Waals surface area contributed by atoms with E-state index in [9.17, 15) is 29.7 Å².